The van der Waals surface area contributed by atoms with Gasteiger partial charge in [-0.3, -0.25) is 0 Å². The molecule has 2 aromatic rings. The molecular formula is C20H25NO4. The van der Waals surface area contributed by atoms with Crippen molar-refractivity contribution in [2.24, 2.45) is 0 Å². The molecule has 0 aromatic heterocycles. The molecule has 5 heteroatoms. The minimum Gasteiger partial charge on any atom is -0.493 e. The average Bonchev–Trinajstić information content (AvgIpc) is 3.05. The fourth-order valence-electron chi connectivity index (χ4n) is 3.18. The van der Waals surface area contributed by atoms with E-state index >= 15 is 0 Å². The van der Waals surface area contributed by atoms with E-state index in [1.165, 1.54) is 16.7 Å². The van der Waals surface area contributed by atoms with Crippen LogP contribution in [0, 0.1) is 13.8 Å². The van der Waals surface area contributed by atoms with E-state index < -0.39 is 0 Å². The zero-order valence-electron chi connectivity index (χ0n) is 15.4. The number of aryl methyl sites for hydroxylation is 1. The standard InChI is InChI=1S/C20H25NO4/c1-12-6-7-15-16(11-25-19(15)13(12)2)21-10-14-8-17(22-3)20(24-5)18(9-14)23-4/h6-9,16,21H,10-11H2,1-5H3. The lowest BCUT2D eigenvalue weighted by Gasteiger charge is -2.16. The van der Waals surface area contributed by atoms with Gasteiger partial charge in [-0.05, 0) is 42.7 Å². The topological polar surface area (TPSA) is 49.0 Å². The summed E-state index contributed by atoms with van der Waals surface area (Å²) in [6.07, 6.45) is 0. The fraction of sp³-hybridized carbons (Fsp3) is 0.400. The second-order valence-corrected chi connectivity index (χ2v) is 6.20. The highest BCUT2D eigenvalue weighted by molar-refractivity contribution is 5.54. The second kappa shape index (κ2) is 7.23. The van der Waals surface area contributed by atoms with Crippen LogP contribution in [0.2, 0.25) is 0 Å². The van der Waals surface area contributed by atoms with Crippen LogP contribution in [0.4, 0.5) is 0 Å². The number of rotatable bonds is 6. The highest BCUT2D eigenvalue weighted by atomic mass is 16.5. The number of ether oxygens (including phenoxy) is 4. The molecule has 0 spiro atoms. The Balaban J connectivity index is 1.79. The molecule has 0 amide bonds. The number of nitrogens with one attached hydrogen (secondary N) is 1. The maximum absolute atomic E-state index is 5.91. The van der Waals surface area contributed by atoms with E-state index in [0.29, 0.717) is 30.4 Å². The third-order valence-corrected chi connectivity index (χ3v) is 4.75. The minimum absolute atomic E-state index is 0.174. The first-order valence-corrected chi connectivity index (χ1v) is 8.34. The van der Waals surface area contributed by atoms with Gasteiger partial charge in [0.1, 0.15) is 12.4 Å². The lowest BCUT2D eigenvalue weighted by Crippen LogP contribution is -2.22. The van der Waals surface area contributed by atoms with Gasteiger partial charge in [0.25, 0.3) is 0 Å². The highest BCUT2D eigenvalue weighted by Crippen LogP contribution is 2.39. The number of benzene rings is 2. The summed E-state index contributed by atoms with van der Waals surface area (Å²) < 4.78 is 22.1. The van der Waals surface area contributed by atoms with Crippen molar-refractivity contribution in [3.63, 3.8) is 0 Å². The Bertz CT molecular complexity index is 748. The Kier molecular flexibility index (Phi) is 5.04. The van der Waals surface area contributed by atoms with Crippen LogP contribution < -0.4 is 24.3 Å². The highest BCUT2D eigenvalue weighted by Gasteiger charge is 2.26. The number of methoxy groups -OCH3 is 3. The predicted molar refractivity (Wildman–Crippen MR) is 97.1 cm³/mol. The Morgan fingerprint density at radius 3 is 2.32 bits per heavy atom. The number of fused-ring (bicyclic) bond motifs is 1. The van der Waals surface area contributed by atoms with Crippen molar-refractivity contribution < 1.29 is 18.9 Å². The molecular weight excluding hydrogens is 318 g/mol. The lowest BCUT2D eigenvalue weighted by atomic mass is 10.0. The van der Waals surface area contributed by atoms with Gasteiger partial charge in [0.15, 0.2) is 11.5 Å². The van der Waals surface area contributed by atoms with Gasteiger partial charge in [0.05, 0.1) is 27.4 Å². The molecule has 25 heavy (non-hydrogen) atoms. The van der Waals surface area contributed by atoms with Crippen molar-refractivity contribution in [2.75, 3.05) is 27.9 Å². The molecule has 1 aliphatic rings. The number of hydrogen-bond donors (Lipinski definition) is 1. The molecule has 0 aliphatic carbocycles. The molecule has 1 unspecified atom stereocenters. The summed E-state index contributed by atoms with van der Waals surface area (Å²) in [6.45, 7) is 5.53. The summed E-state index contributed by atoms with van der Waals surface area (Å²) >= 11 is 0. The summed E-state index contributed by atoms with van der Waals surface area (Å²) in [5, 5.41) is 3.56. The summed E-state index contributed by atoms with van der Waals surface area (Å²) in [5.74, 6) is 2.94. The Morgan fingerprint density at radius 2 is 1.72 bits per heavy atom. The van der Waals surface area contributed by atoms with Crippen molar-refractivity contribution in [3.05, 3.63) is 46.5 Å². The van der Waals surface area contributed by atoms with E-state index in [1.54, 1.807) is 21.3 Å². The fourth-order valence-corrected chi connectivity index (χ4v) is 3.18. The van der Waals surface area contributed by atoms with Gasteiger partial charge in [-0.2, -0.15) is 0 Å². The van der Waals surface area contributed by atoms with Gasteiger partial charge >= 0.3 is 0 Å². The van der Waals surface area contributed by atoms with Crippen molar-refractivity contribution in [3.8, 4) is 23.0 Å². The molecule has 0 fully saturated rings. The maximum Gasteiger partial charge on any atom is 0.203 e. The molecule has 1 aliphatic heterocycles. The summed E-state index contributed by atoms with van der Waals surface area (Å²) in [7, 11) is 4.86. The zero-order valence-corrected chi connectivity index (χ0v) is 15.4. The van der Waals surface area contributed by atoms with Crippen LogP contribution in [0.25, 0.3) is 0 Å². The summed E-state index contributed by atoms with van der Waals surface area (Å²) in [6, 6.07) is 8.40. The van der Waals surface area contributed by atoms with Crippen LogP contribution in [0.3, 0.4) is 0 Å². The third kappa shape index (κ3) is 3.24. The van der Waals surface area contributed by atoms with E-state index in [4.69, 9.17) is 18.9 Å². The van der Waals surface area contributed by atoms with Crippen LogP contribution in [0.5, 0.6) is 23.0 Å². The van der Waals surface area contributed by atoms with Crippen LogP contribution in [-0.4, -0.2) is 27.9 Å². The maximum atomic E-state index is 5.91. The minimum atomic E-state index is 0.174. The molecule has 5 nitrogen and oxygen atoms in total. The first-order valence-electron chi connectivity index (χ1n) is 8.34. The molecule has 0 saturated carbocycles. The summed E-state index contributed by atoms with van der Waals surface area (Å²) in [5.41, 5.74) is 4.75. The molecule has 1 heterocycles. The normalized spacial score (nSPS) is 15.5. The zero-order chi connectivity index (χ0) is 18.0. The average molecular weight is 343 g/mol. The van der Waals surface area contributed by atoms with Crippen LogP contribution >= 0.6 is 0 Å². The molecule has 0 saturated heterocycles. The van der Waals surface area contributed by atoms with E-state index in [9.17, 15) is 0 Å². The van der Waals surface area contributed by atoms with Gasteiger partial charge in [0.2, 0.25) is 5.75 Å². The van der Waals surface area contributed by atoms with Gasteiger partial charge in [-0.15, -0.1) is 0 Å². The largest absolute Gasteiger partial charge is 0.493 e. The van der Waals surface area contributed by atoms with Gasteiger partial charge in [-0.25, -0.2) is 0 Å². The quantitative estimate of drug-likeness (QED) is 0.869. The van der Waals surface area contributed by atoms with E-state index in [1.807, 2.05) is 12.1 Å². The van der Waals surface area contributed by atoms with Crippen molar-refractivity contribution in [2.45, 2.75) is 26.4 Å². The molecule has 0 bridgehead atoms. The molecule has 1 N–H and O–H groups in total. The Morgan fingerprint density at radius 1 is 1.04 bits per heavy atom. The Labute approximate surface area is 148 Å². The van der Waals surface area contributed by atoms with Crippen molar-refractivity contribution >= 4 is 0 Å². The third-order valence-electron chi connectivity index (χ3n) is 4.75. The molecule has 0 radical (unpaired) electrons. The van der Waals surface area contributed by atoms with E-state index in [2.05, 4.69) is 31.3 Å². The smallest absolute Gasteiger partial charge is 0.203 e. The van der Waals surface area contributed by atoms with Gasteiger partial charge in [-0.1, -0.05) is 12.1 Å². The molecule has 1 atom stereocenters. The SMILES string of the molecule is COc1cc(CNC2COc3c2ccc(C)c3C)cc(OC)c1OC. The van der Waals surface area contributed by atoms with E-state index in [-0.39, 0.29) is 6.04 Å². The second-order valence-electron chi connectivity index (χ2n) is 6.20. The monoisotopic (exact) mass is 343 g/mol. The van der Waals surface area contributed by atoms with Crippen LogP contribution in [0.15, 0.2) is 24.3 Å². The predicted octanol–water partition coefficient (Wildman–Crippen LogP) is 3.55. The van der Waals surface area contributed by atoms with Crippen LogP contribution in [0.1, 0.15) is 28.3 Å². The first kappa shape index (κ1) is 17.4. The van der Waals surface area contributed by atoms with Crippen molar-refractivity contribution in [1.82, 2.24) is 5.32 Å². The molecule has 134 valence electrons. The molecule has 3 rings (SSSR count). The van der Waals surface area contributed by atoms with E-state index in [0.717, 1.165) is 11.3 Å². The lowest BCUT2D eigenvalue weighted by molar-refractivity contribution is 0.308. The first-order chi connectivity index (χ1) is 12.1. The van der Waals surface area contributed by atoms with Crippen LogP contribution in [-0.2, 0) is 6.54 Å². The Hall–Kier alpha value is -2.40. The van der Waals surface area contributed by atoms with Crippen molar-refractivity contribution in [1.29, 1.82) is 0 Å². The number of hydrogen-bond acceptors (Lipinski definition) is 5. The molecule has 2 aromatic carbocycles. The summed E-state index contributed by atoms with van der Waals surface area (Å²) in [4.78, 5) is 0. The van der Waals surface area contributed by atoms with Gasteiger partial charge in [0, 0.05) is 12.1 Å². The van der Waals surface area contributed by atoms with Gasteiger partial charge < -0.3 is 24.3 Å².